The third-order valence-electron chi connectivity index (χ3n) is 4.54. The van der Waals surface area contributed by atoms with Gasteiger partial charge in [-0.3, -0.25) is 4.90 Å². The molecular weight excluding hydrogens is 274 g/mol. The molecule has 2 aliphatic rings. The average Bonchev–Trinajstić information content (AvgIpc) is 2.95. The van der Waals surface area contributed by atoms with Crippen molar-refractivity contribution >= 4 is 9.84 Å². The molecule has 1 aromatic carbocycles. The molecule has 0 radical (unpaired) electrons. The van der Waals surface area contributed by atoms with Gasteiger partial charge >= 0.3 is 0 Å². The number of rotatable bonds is 3. The molecule has 0 bridgehead atoms. The van der Waals surface area contributed by atoms with E-state index >= 15 is 0 Å². The molecule has 5 heteroatoms. The van der Waals surface area contributed by atoms with Crippen LogP contribution in [0.1, 0.15) is 29.5 Å². The van der Waals surface area contributed by atoms with Gasteiger partial charge in [0.1, 0.15) is 5.75 Å². The van der Waals surface area contributed by atoms with Crippen LogP contribution in [0.3, 0.4) is 0 Å². The Morgan fingerprint density at radius 2 is 2.00 bits per heavy atom. The van der Waals surface area contributed by atoms with Crippen molar-refractivity contribution in [1.82, 2.24) is 4.90 Å². The van der Waals surface area contributed by atoms with E-state index in [9.17, 15) is 13.5 Å². The Morgan fingerprint density at radius 3 is 2.65 bits per heavy atom. The quantitative estimate of drug-likeness (QED) is 0.918. The first-order valence-electron chi connectivity index (χ1n) is 7.19. The molecule has 4 nitrogen and oxygen atoms in total. The minimum Gasteiger partial charge on any atom is -0.508 e. The van der Waals surface area contributed by atoms with Crippen molar-refractivity contribution in [2.75, 3.05) is 18.6 Å². The Labute approximate surface area is 120 Å². The van der Waals surface area contributed by atoms with Crippen LogP contribution in [-0.4, -0.2) is 43.0 Å². The number of nitrogens with zero attached hydrogens (tertiary/aromatic N) is 1. The number of hydrogen-bond acceptors (Lipinski definition) is 4. The molecule has 20 heavy (non-hydrogen) atoms. The van der Waals surface area contributed by atoms with Crippen molar-refractivity contribution in [3.8, 4) is 5.75 Å². The van der Waals surface area contributed by atoms with Gasteiger partial charge in [-0.2, -0.15) is 0 Å². The summed E-state index contributed by atoms with van der Waals surface area (Å²) in [5.41, 5.74) is 3.51. The molecule has 1 fully saturated rings. The van der Waals surface area contributed by atoms with Gasteiger partial charge in [-0.25, -0.2) is 8.42 Å². The van der Waals surface area contributed by atoms with Crippen molar-refractivity contribution < 1.29 is 13.5 Å². The summed E-state index contributed by atoms with van der Waals surface area (Å²) < 4.78 is 23.1. The minimum absolute atomic E-state index is 0.0765. The number of phenols is 1. The smallest absolute Gasteiger partial charge is 0.151 e. The van der Waals surface area contributed by atoms with Gasteiger partial charge in [0, 0.05) is 18.2 Å². The molecule has 0 amide bonds. The number of phenolic OH excluding ortho intramolecular Hbond substituents is 1. The maximum absolute atomic E-state index is 11.5. The van der Waals surface area contributed by atoms with Crippen molar-refractivity contribution in [3.05, 3.63) is 28.8 Å². The zero-order valence-electron chi connectivity index (χ0n) is 11.8. The number of aromatic hydroxyl groups is 1. The molecule has 1 saturated heterocycles. The van der Waals surface area contributed by atoms with Crippen LogP contribution in [0.4, 0.5) is 0 Å². The largest absolute Gasteiger partial charge is 0.508 e. The highest BCUT2D eigenvalue weighted by Crippen LogP contribution is 2.30. The van der Waals surface area contributed by atoms with E-state index in [0.29, 0.717) is 18.7 Å². The molecule has 1 atom stereocenters. The maximum Gasteiger partial charge on any atom is 0.151 e. The molecule has 1 aromatic rings. The van der Waals surface area contributed by atoms with Crippen molar-refractivity contribution in [2.24, 2.45) is 0 Å². The Morgan fingerprint density at radius 1 is 1.30 bits per heavy atom. The first kappa shape index (κ1) is 13.9. The summed E-state index contributed by atoms with van der Waals surface area (Å²) in [6.45, 7) is 0.610. The van der Waals surface area contributed by atoms with Crippen LogP contribution >= 0.6 is 0 Å². The molecule has 3 rings (SSSR count). The van der Waals surface area contributed by atoms with Gasteiger partial charge in [0.25, 0.3) is 0 Å². The van der Waals surface area contributed by atoms with Gasteiger partial charge in [0.15, 0.2) is 9.84 Å². The van der Waals surface area contributed by atoms with E-state index in [1.54, 1.807) is 0 Å². The van der Waals surface area contributed by atoms with Crippen LogP contribution in [0, 0.1) is 0 Å². The Balaban J connectivity index is 1.75. The summed E-state index contributed by atoms with van der Waals surface area (Å²) in [5.74, 6) is 0.881. The molecule has 0 spiro atoms. The van der Waals surface area contributed by atoms with Gasteiger partial charge in [-0.15, -0.1) is 0 Å². The number of fused-ring (bicyclic) bond motifs is 1. The van der Waals surface area contributed by atoms with E-state index in [0.717, 1.165) is 24.8 Å². The topological polar surface area (TPSA) is 57.6 Å². The van der Waals surface area contributed by atoms with Crippen LogP contribution in [0.2, 0.25) is 0 Å². The summed E-state index contributed by atoms with van der Waals surface area (Å²) in [5, 5.41) is 10.1. The second-order valence-corrected chi connectivity index (χ2v) is 8.30. The number of benzene rings is 1. The van der Waals surface area contributed by atoms with Gasteiger partial charge < -0.3 is 5.11 Å². The lowest BCUT2D eigenvalue weighted by molar-refractivity contribution is 0.250. The number of sulfone groups is 1. The summed E-state index contributed by atoms with van der Waals surface area (Å²) in [4.78, 5) is 2.06. The maximum atomic E-state index is 11.5. The van der Waals surface area contributed by atoms with Crippen LogP contribution in [0.25, 0.3) is 0 Å². The van der Waals surface area contributed by atoms with Gasteiger partial charge in [-0.05, 0) is 49.9 Å². The van der Waals surface area contributed by atoms with Crippen molar-refractivity contribution in [3.63, 3.8) is 0 Å². The van der Waals surface area contributed by atoms with Crippen molar-refractivity contribution in [2.45, 2.75) is 38.3 Å². The SMILES string of the molecule is CN(Cc1cc2c(cc1O)CCC2)[C@H]1CCS(=O)(=O)C1. The first-order valence-corrected chi connectivity index (χ1v) is 9.01. The van der Waals surface area contributed by atoms with E-state index in [4.69, 9.17) is 0 Å². The fourth-order valence-electron chi connectivity index (χ4n) is 3.31. The van der Waals surface area contributed by atoms with Crippen LogP contribution in [-0.2, 0) is 29.2 Å². The predicted octanol–water partition coefficient (Wildman–Crippen LogP) is 1.50. The number of aryl methyl sites for hydroxylation is 2. The van der Waals surface area contributed by atoms with E-state index in [2.05, 4.69) is 11.0 Å². The highest BCUT2D eigenvalue weighted by molar-refractivity contribution is 7.91. The zero-order chi connectivity index (χ0) is 14.3. The third kappa shape index (κ3) is 2.69. The zero-order valence-corrected chi connectivity index (χ0v) is 12.6. The monoisotopic (exact) mass is 295 g/mol. The molecule has 1 aliphatic carbocycles. The fraction of sp³-hybridized carbons (Fsp3) is 0.600. The molecule has 1 N–H and O–H groups in total. The molecular formula is C15H21NO3S. The lowest BCUT2D eigenvalue weighted by atomic mass is 10.0. The summed E-state index contributed by atoms with van der Waals surface area (Å²) in [7, 11) is -0.914. The van der Waals surface area contributed by atoms with E-state index < -0.39 is 9.84 Å². The molecule has 0 unspecified atom stereocenters. The van der Waals surface area contributed by atoms with Crippen molar-refractivity contribution in [1.29, 1.82) is 0 Å². The molecule has 1 aliphatic heterocycles. The lowest BCUT2D eigenvalue weighted by Crippen LogP contribution is -2.32. The molecule has 0 aromatic heterocycles. The second kappa shape index (κ2) is 5.04. The lowest BCUT2D eigenvalue weighted by Gasteiger charge is -2.23. The normalized spacial score (nSPS) is 24.2. The highest BCUT2D eigenvalue weighted by atomic mass is 32.2. The van der Waals surface area contributed by atoms with Gasteiger partial charge in [-0.1, -0.05) is 6.07 Å². The van der Waals surface area contributed by atoms with E-state index in [-0.39, 0.29) is 17.5 Å². The summed E-state index contributed by atoms with van der Waals surface area (Å²) in [6.07, 6.45) is 4.00. The third-order valence-corrected chi connectivity index (χ3v) is 6.29. The molecule has 1 heterocycles. The minimum atomic E-state index is -2.86. The Kier molecular flexibility index (Phi) is 3.50. The van der Waals surface area contributed by atoms with Crippen LogP contribution in [0.5, 0.6) is 5.75 Å². The standard InChI is InChI=1S/C15H21NO3S/c1-16(14-5-6-20(18,19)10-14)9-13-7-11-3-2-4-12(11)8-15(13)17/h7-8,14,17H,2-6,9-10H2,1H3/t14-/m0/s1. The first-order chi connectivity index (χ1) is 9.44. The second-order valence-electron chi connectivity index (χ2n) is 6.08. The average molecular weight is 295 g/mol. The predicted molar refractivity (Wildman–Crippen MR) is 78.7 cm³/mol. The van der Waals surface area contributed by atoms with Gasteiger partial charge in [0.05, 0.1) is 11.5 Å². The van der Waals surface area contributed by atoms with Crippen LogP contribution in [0.15, 0.2) is 12.1 Å². The summed E-state index contributed by atoms with van der Waals surface area (Å²) in [6, 6.07) is 4.06. The molecule has 110 valence electrons. The summed E-state index contributed by atoms with van der Waals surface area (Å²) >= 11 is 0. The number of hydrogen-bond donors (Lipinski definition) is 1. The Hall–Kier alpha value is -1.07. The highest BCUT2D eigenvalue weighted by Gasteiger charge is 2.30. The van der Waals surface area contributed by atoms with E-state index in [1.807, 2.05) is 13.1 Å². The van der Waals surface area contributed by atoms with E-state index in [1.165, 1.54) is 11.1 Å². The van der Waals surface area contributed by atoms with Crippen LogP contribution < -0.4 is 0 Å². The molecule has 0 saturated carbocycles. The fourth-order valence-corrected chi connectivity index (χ4v) is 5.11. The van der Waals surface area contributed by atoms with Gasteiger partial charge in [0.2, 0.25) is 0 Å². The Bertz CT molecular complexity index is 624.